The molecule has 1 saturated heterocycles. The van der Waals surface area contributed by atoms with Gasteiger partial charge >= 0.3 is 5.97 Å². The van der Waals surface area contributed by atoms with E-state index in [2.05, 4.69) is 25.5 Å². The van der Waals surface area contributed by atoms with Gasteiger partial charge in [-0.2, -0.15) is 4.98 Å². The molecule has 4 rings (SSSR count). The van der Waals surface area contributed by atoms with Crippen molar-refractivity contribution in [2.45, 2.75) is 0 Å². The van der Waals surface area contributed by atoms with E-state index < -0.39 is 5.97 Å². The fourth-order valence-corrected chi connectivity index (χ4v) is 3.48. The van der Waals surface area contributed by atoms with E-state index >= 15 is 0 Å². The lowest BCUT2D eigenvalue weighted by Crippen LogP contribution is -2.36. The molecule has 3 N–H and O–H groups in total. The van der Waals surface area contributed by atoms with Gasteiger partial charge in [0, 0.05) is 24.8 Å². The third-order valence-electron chi connectivity index (χ3n) is 4.96. The first-order valence-corrected chi connectivity index (χ1v) is 10.3. The zero-order valence-corrected chi connectivity index (χ0v) is 18.1. The molecule has 0 atom stereocenters. The number of aromatic nitrogens is 2. The first-order valence-electron chi connectivity index (χ1n) is 9.95. The van der Waals surface area contributed by atoms with Gasteiger partial charge in [0.05, 0.1) is 43.5 Å². The minimum absolute atomic E-state index is 0.108. The molecule has 0 spiro atoms. The molecule has 9 nitrogen and oxygen atoms in total. The van der Waals surface area contributed by atoms with Gasteiger partial charge in [-0.3, -0.25) is 0 Å². The van der Waals surface area contributed by atoms with Gasteiger partial charge in [-0.1, -0.05) is 23.7 Å². The quantitative estimate of drug-likeness (QED) is 0.483. The van der Waals surface area contributed by atoms with Crippen LogP contribution < -0.4 is 20.3 Å². The number of rotatable bonds is 7. The highest BCUT2D eigenvalue weighted by Gasteiger charge is 2.16. The maximum absolute atomic E-state index is 11.5. The fourth-order valence-electron chi connectivity index (χ4n) is 3.34. The number of ether oxygens (including phenoxy) is 2. The molecule has 0 bridgehead atoms. The van der Waals surface area contributed by atoms with Crippen LogP contribution in [0.15, 0.2) is 48.7 Å². The number of nitrogens with zero attached hydrogens (tertiary/aromatic N) is 3. The van der Waals surface area contributed by atoms with E-state index in [1.807, 2.05) is 18.2 Å². The Labute approximate surface area is 190 Å². The lowest BCUT2D eigenvalue weighted by atomic mass is 10.2. The van der Waals surface area contributed by atoms with Crippen LogP contribution in [-0.2, 0) is 4.74 Å². The summed E-state index contributed by atoms with van der Waals surface area (Å²) < 4.78 is 11.0. The molecule has 3 aromatic rings. The van der Waals surface area contributed by atoms with Gasteiger partial charge in [0.1, 0.15) is 10.8 Å². The highest BCUT2D eigenvalue weighted by atomic mass is 35.5. The second-order valence-corrected chi connectivity index (χ2v) is 7.38. The van der Waals surface area contributed by atoms with Crippen LogP contribution in [0.1, 0.15) is 10.4 Å². The molecule has 1 aliphatic rings. The second kappa shape index (κ2) is 9.71. The number of hydrogen-bond acceptors (Lipinski definition) is 8. The van der Waals surface area contributed by atoms with E-state index in [-0.39, 0.29) is 22.4 Å². The predicted octanol–water partition coefficient (Wildman–Crippen LogP) is 4.16. The summed E-state index contributed by atoms with van der Waals surface area (Å²) in [6.45, 7) is 3.04. The molecule has 2 aromatic carbocycles. The number of morpholine rings is 1. The van der Waals surface area contributed by atoms with Crippen LogP contribution in [-0.4, -0.2) is 54.5 Å². The van der Waals surface area contributed by atoms with Gasteiger partial charge in [-0.15, -0.1) is 0 Å². The summed E-state index contributed by atoms with van der Waals surface area (Å²) in [6, 6.07) is 12.4. The van der Waals surface area contributed by atoms with Crippen LogP contribution in [0.5, 0.6) is 5.75 Å². The molecular formula is C22H22ClN5O4. The largest absolute Gasteiger partial charge is 0.494 e. The Bertz CT molecular complexity index is 1120. The number of anilines is 5. The Balaban J connectivity index is 1.57. The summed E-state index contributed by atoms with van der Waals surface area (Å²) in [5, 5.41) is 15.8. The summed E-state index contributed by atoms with van der Waals surface area (Å²) >= 11 is 6.24. The molecule has 0 aliphatic carbocycles. The number of carboxylic acid groups (broad SMARTS) is 1. The van der Waals surface area contributed by atoms with E-state index in [9.17, 15) is 9.90 Å². The fraction of sp³-hybridized carbons (Fsp3) is 0.227. The number of aromatic carboxylic acids is 1. The highest BCUT2D eigenvalue weighted by Crippen LogP contribution is 2.33. The third kappa shape index (κ3) is 4.84. The maximum Gasteiger partial charge on any atom is 0.337 e. The molecule has 0 radical (unpaired) electrons. The number of carboxylic acids is 1. The standard InChI is InChI=1S/C22H22ClN5O4/c1-31-19-12-14(28-8-10-32-11-9-28)6-7-18(19)26-22-24-13-16(23)20(27-22)25-17-5-3-2-4-15(17)21(29)30/h2-7,12-13H,8-11H2,1H3,(H,29,30)(H2,24,25,26,27). The van der Waals surface area contributed by atoms with E-state index in [1.54, 1.807) is 25.3 Å². The first kappa shape index (κ1) is 21.7. The predicted molar refractivity (Wildman–Crippen MR) is 123 cm³/mol. The Kier molecular flexibility index (Phi) is 6.58. The summed E-state index contributed by atoms with van der Waals surface area (Å²) in [4.78, 5) is 22.3. The molecule has 1 fully saturated rings. The number of benzene rings is 2. The lowest BCUT2D eigenvalue weighted by Gasteiger charge is -2.29. The van der Waals surface area contributed by atoms with Gasteiger partial charge in [0.25, 0.3) is 0 Å². The van der Waals surface area contributed by atoms with Gasteiger partial charge < -0.3 is 30.1 Å². The minimum atomic E-state index is -1.05. The van der Waals surface area contributed by atoms with Gasteiger partial charge in [-0.25, -0.2) is 9.78 Å². The summed E-state index contributed by atoms with van der Waals surface area (Å²) in [7, 11) is 1.60. The first-order chi connectivity index (χ1) is 15.5. The van der Waals surface area contributed by atoms with Crippen molar-refractivity contribution < 1.29 is 19.4 Å². The maximum atomic E-state index is 11.5. The van der Waals surface area contributed by atoms with Crippen LogP contribution in [0.25, 0.3) is 0 Å². The van der Waals surface area contributed by atoms with Crippen molar-refractivity contribution in [3.05, 3.63) is 59.2 Å². The number of carbonyl (C=O) groups is 1. The lowest BCUT2D eigenvalue weighted by molar-refractivity contribution is 0.0698. The summed E-state index contributed by atoms with van der Waals surface area (Å²) in [6.07, 6.45) is 1.44. The van der Waals surface area contributed by atoms with Gasteiger partial charge in [0.2, 0.25) is 5.95 Å². The molecule has 166 valence electrons. The van der Waals surface area contributed by atoms with Crippen molar-refractivity contribution in [2.24, 2.45) is 0 Å². The monoisotopic (exact) mass is 455 g/mol. The average Bonchev–Trinajstić information content (AvgIpc) is 2.82. The van der Waals surface area contributed by atoms with Gasteiger partial charge in [0.15, 0.2) is 5.82 Å². The van der Waals surface area contributed by atoms with Crippen LogP contribution >= 0.6 is 11.6 Å². The molecule has 1 aliphatic heterocycles. The smallest absolute Gasteiger partial charge is 0.337 e. The molecule has 2 heterocycles. The van der Waals surface area contributed by atoms with Crippen LogP contribution in [0.3, 0.4) is 0 Å². The van der Waals surface area contributed by atoms with Crippen molar-refractivity contribution in [3.8, 4) is 5.75 Å². The minimum Gasteiger partial charge on any atom is -0.494 e. The molecular weight excluding hydrogens is 434 g/mol. The summed E-state index contributed by atoms with van der Waals surface area (Å²) in [5.41, 5.74) is 2.21. The van der Waals surface area contributed by atoms with Crippen LogP contribution in [0.2, 0.25) is 5.02 Å². The highest BCUT2D eigenvalue weighted by molar-refractivity contribution is 6.33. The Morgan fingerprint density at radius 3 is 2.69 bits per heavy atom. The number of hydrogen-bond donors (Lipinski definition) is 3. The summed E-state index contributed by atoms with van der Waals surface area (Å²) in [5.74, 6) is 0.142. The average molecular weight is 456 g/mol. The number of para-hydroxylation sites is 1. The third-order valence-corrected chi connectivity index (χ3v) is 5.24. The van der Waals surface area contributed by atoms with Crippen LogP contribution in [0.4, 0.5) is 28.8 Å². The van der Waals surface area contributed by atoms with E-state index in [1.165, 1.54) is 12.3 Å². The van der Waals surface area contributed by atoms with Crippen molar-refractivity contribution in [3.63, 3.8) is 0 Å². The number of nitrogens with one attached hydrogen (secondary N) is 2. The SMILES string of the molecule is COc1cc(N2CCOCC2)ccc1Nc1ncc(Cl)c(Nc2ccccc2C(=O)O)n1. The topological polar surface area (TPSA) is 109 Å². The van der Waals surface area contributed by atoms with Gasteiger partial charge in [-0.05, 0) is 24.3 Å². The van der Waals surface area contributed by atoms with Crippen molar-refractivity contribution in [1.82, 2.24) is 9.97 Å². The Morgan fingerprint density at radius 2 is 1.94 bits per heavy atom. The normalized spacial score (nSPS) is 13.5. The number of methoxy groups -OCH3 is 1. The molecule has 0 unspecified atom stereocenters. The van der Waals surface area contributed by atoms with Crippen molar-refractivity contribution >= 4 is 46.4 Å². The molecule has 32 heavy (non-hydrogen) atoms. The molecule has 10 heteroatoms. The van der Waals surface area contributed by atoms with E-state index in [4.69, 9.17) is 21.1 Å². The van der Waals surface area contributed by atoms with Crippen LogP contribution in [0, 0.1) is 0 Å². The molecule has 1 aromatic heterocycles. The zero-order valence-electron chi connectivity index (χ0n) is 17.3. The van der Waals surface area contributed by atoms with E-state index in [0.717, 1.165) is 18.8 Å². The van der Waals surface area contributed by atoms with Crippen molar-refractivity contribution in [2.75, 3.05) is 48.9 Å². The zero-order chi connectivity index (χ0) is 22.5. The van der Waals surface area contributed by atoms with Crippen molar-refractivity contribution in [1.29, 1.82) is 0 Å². The Morgan fingerprint density at radius 1 is 1.16 bits per heavy atom. The molecule has 0 saturated carbocycles. The van der Waals surface area contributed by atoms with E-state index in [0.29, 0.717) is 30.3 Å². The molecule has 0 amide bonds. The second-order valence-electron chi connectivity index (χ2n) is 6.97. The number of halogens is 1. The Hall–Kier alpha value is -3.56.